The van der Waals surface area contributed by atoms with Gasteiger partial charge in [-0.15, -0.1) is 0 Å². The van der Waals surface area contributed by atoms with Crippen LogP contribution < -0.4 is 10.5 Å². The van der Waals surface area contributed by atoms with E-state index in [9.17, 15) is 9.59 Å². The normalized spacial score (nSPS) is 11.7. The van der Waals surface area contributed by atoms with Crippen LogP contribution in [0.4, 0.5) is 0 Å². The van der Waals surface area contributed by atoms with E-state index in [2.05, 4.69) is 0 Å². The molecule has 0 saturated carbocycles. The standard InChI is InChI=1S/C13H17NO4/c1-8-5-4-6-11(9(8)2)17-7-12(15)18-10(3)13(14)16/h4-6,10H,7H2,1-3H3,(H2,14,16)/t10-/m1/s1. The first-order valence-corrected chi connectivity index (χ1v) is 5.59. The Balaban J connectivity index is 2.53. The second-order valence-electron chi connectivity index (χ2n) is 4.02. The van der Waals surface area contributed by atoms with Crippen molar-refractivity contribution < 1.29 is 19.1 Å². The molecule has 0 saturated heterocycles. The van der Waals surface area contributed by atoms with Gasteiger partial charge in [-0.2, -0.15) is 0 Å². The van der Waals surface area contributed by atoms with Crippen molar-refractivity contribution in [2.75, 3.05) is 6.61 Å². The molecule has 5 heteroatoms. The lowest BCUT2D eigenvalue weighted by Gasteiger charge is -2.12. The van der Waals surface area contributed by atoms with Crippen molar-refractivity contribution in [3.05, 3.63) is 29.3 Å². The number of nitrogens with two attached hydrogens (primary N) is 1. The largest absolute Gasteiger partial charge is 0.482 e. The van der Waals surface area contributed by atoms with Crippen molar-refractivity contribution in [3.8, 4) is 5.75 Å². The maximum atomic E-state index is 11.4. The van der Waals surface area contributed by atoms with E-state index in [1.807, 2.05) is 26.0 Å². The number of esters is 1. The van der Waals surface area contributed by atoms with Gasteiger partial charge in [0.15, 0.2) is 12.7 Å². The molecule has 0 fully saturated rings. The summed E-state index contributed by atoms with van der Waals surface area (Å²) >= 11 is 0. The van der Waals surface area contributed by atoms with Gasteiger partial charge in [0.1, 0.15) is 5.75 Å². The molecule has 0 bridgehead atoms. The second-order valence-corrected chi connectivity index (χ2v) is 4.02. The number of benzene rings is 1. The van der Waals surface area contributed by atoms with E-state index in [0.29, 0.717) is 5.75 Å². The van der Waals surface area contributed by atoms with E-state index in [4.69, 9.17) is 15.2 Å². The Morgan fingerprint density at radius 3 is 2.61 bits per heavy atom. The predicted molar refractivity (Wildman–Crippen MR) is 66.2 cm³/mol. The van der Waals surface area contributed by atoms with Gasteiger partial charge < -0.3 is 15.2 Å². The Morgan fingerprint density at radius 1 is 1.33 bits per heavy atom. The van der Waals surface area contributed by atoms with Gasteiger partial charge in [0.25, 0.3) is 5.91 Å². The van der Waals surface area contributed by atoms with Crippen LogP contribution >= 0.6 is 0 Å². The first kappa shape index (κ1) is 14.0. The van der Waals surface area contributed by atoms with Crippen molar-refractivity contribution in [3.63, 3.8) is 0 Å². The Kier molecular flexibility index (Phi) is 4.71. The van der Waals surface area contributed by atoms with Crippen molar-refractivity contribution in [1.82, 2.24) is 0 Å². The zero-order valence-corrected chi connectivity index (χ0v) is 10.7. The van der Waals surface area contributed by atoms with E-state index >= 15 is 0 Å². The minimum absolute atomic E-state index is 0.248. The third-order valence-electron chi connectivity index (χ3n) is 2.61. The van der Waals surface area contributed by atoms with E-state index in [-0.39, 0.29) is 6.61 Å². The van der Waals surface area contributed by atoms with Crippen LogP contribution in [0.2, 0.25) is 0 Å². The Hall–Kier alpha value is -2.04. The van der Waals surface area contributed by atoms with Crippen molar-refractivity contribution >= 4 is 11.9 Å². The highest BCUT2D eigenvalue weighted by Crippen LogP contribution is 2.20. The van der Waals surface area contributed by atoms with Crippen LogP contribution in [0, 0.1) is 13.8 Å². The van der Waals surface area contributed by atoms with Crippen LogP contribution in [0.3, 0.4) is 0 Å². The molecule has 1 aromatic carbocycles. The van der Waals surface area contributed by atoms with Crippen LogP contribution in [-0.4, -0.2) is 24.6 Å². The Morgan fingerprint density at radius 2 is 2.00 bits per heavy atom. The molecule has 0 aliphatic rings. The molecular formula is C13H17NO4. The minimum atomic E-state index is -0.945. The minimum Gasteiger partial charge on any atom is -0.482 e. The summed E-state index contributed by atoms with van der Waals surface area (Å²) in [6, 6.07) is 5.57. The first-order chi connectivity index (χ1) is 8.41. The lowest BCUT2D eigenvalue weighted by Crippen LogP contribution is -2.32. The van der Waals surface area contributed by atoms with Gasteiger partial charge in [-0.05, 0) is 38.0 Å². The summed E-state index contributed by atoms with van der Waals surface area (Å²) in [6.45, 7) is 5.03. The average Bonchev–Trinajstić information content (AvgIpc) is 2.31. The van der Waals surface area contributed by atoms with Crippen molar-refractivity contribution in [2.24, 2.45) is 5.73 Å². The van der Waals surface area contributed by atoms with E-state index in [0.717, 1.165) is 11.1 Å². The number of hydrogen-bond donors (Lipinski definition) is 1. The van der Waals surface area contributed by atoms with Gasteiger partial charge in [-0.25, -0.2) is 4.79 Å². The SMILES string of the molecule is Cc1cccc(OCC(=O)O[C@H](C)C(N)=O)c1C. The molecule has 0 aliphatic heterocycles. The number of carbonyl (C=O) groups excluding carboxylic acids is 2. The molecule has 1 rings (SSSR count). The maximum absolute atomic E-state index is 11.4. The molecule has 98 valence electrons. The molecule has 0 aliphatic carbocycles. The molecule has 1 amide bonds. The van der Waals surface area contributed by atoms with E-state index < -0.39 is 18.0 Å². The number of amides is 1. The highest BCUT2D eigenvalue weighted by molar-refractivity contribution is 5.82. The summed E-state index contributed by atoms with van der Waals surface area (Å²) in [5, 5.41) is 0. The van der Waals surface area contributed by atoms with Gasteiger partial charge in [0.05, 0.1) is 0 Å². The zero-order valence-electron chi connectivity index (χ0n) is 10.7. The topological polar surface area (TPSA) is 78.6 Å². The van der Waals surface area contributed by atoms with Gasteiger partial charge in [0, 0.05) is 0 Å². The van der Waals surface area contributed by atoms with Gasteiger partial charge in [-0.1, -0.05) is 12.1 Å². The highest BCUT2D eigenvalue weighted by Gasteiger charge is 2.15. The monoisotopic (exact) mass is 251 g/mol. The van der Waals surface area contributed by atoms with Crippen LogP contribution in [0.5, 0.6) is 5.75 Å². The molecule has 18 heavy (non-hydrogen) atoms. The fourth-order valence-electron chi connectivity index (χ4n) is 1.31. The number of hydrogen-bond acceptors (Lipinski definition) is 4. The number of ether oxygens (including phenoxy) is 2. The molecule has 2 N–H and O–H groups in total. The number of rotatable bonds is 5. The lowest BCUT2D eigenvalue weighted by atomic mass is 10.1. The molecule has 0 aromatic heterocycles. The third kappa shape index (κ3) is 3.76. The fraction of sp³-hybridized carbons (Fsp3) is 0.385. The van der Waals surface area contributed by atoms with Gasteiger partial charge in [-0.3, -0.25) is 4.79 Å². The Labute approximate surface area is 106 Å². The summed E-state index contributed by atoms with van der Waals surface area (Å²) in [6.07, 6.45) is -0.945. The fourth-order valence-corrected chi connectivity index (χ4v) is 1.31. The predicted octanol–water partition coefficient (Wildman–Crippen LogP) is 1.10. The third-order valence-corrected chi connectivity index (χ3v) is 2.61. The molecule has 5 nitrogen and oxygen atoms in total. The molecule has 0 unspecified atom stereocenters. The number of carbonyl (C=O) groups is 2. The smallest absolute Gasteiger partial charge is 0.344 e. The summed E-state index contributed by atoms with van der Waals surface area (Å²) in [7, 11) is 0. The van der Waals surface area contributed by atoms with Crippen molar-refractivity contribution in [1.29, 1.82) is 0 Å². The molecule has 0 spiro atoms. The molecular weight excluding hydrogens is 234 g/mol. The Bertz CT molecular complexity index is 456. The average molecular weight is 251 g/mol. The molecule has 1 aromatic rings. The highest BCUT2D eigenvalue weighted by atomic mass is 16.6. The summed E-state index contributed by atoms with van der Waals surface area (Å²) in [5.74, 6) is -0.684. The van der Waals surface area contributed by atoms with Gasteiger partial charge >= 0.3 is 5.97 Å². The maximum Gasteiger partial charge on any atom is 0.344 e. The molecule has 1 atom stereocenters. The van der Waals surface area contributed by atoms with E-state index in [1.54, 1.807) is 6.07 Å². The van der Waals surface area contributed by atoms with Crippen LogP contribution in [0.15, 0.2) is 18.2 Å². The van der Waals surface area contributed by atoms with E-state index in [1.165, 1.54) is 6.92 Å². The summed E-state index contributed by atoms with van der Waals surface area (Å²) in [5.41, 5.74) is 7.02. The zero-order chi connectivity index (χ0) is 13.7. The number of primary amides is 1. The van der Waals surface area contributed by atoms with Gasteiger partial charge in [0.2, 0.25) is 0 Å². The molecule has 0 heterocycles. The quantitative estimate of drug-likeness (QED) is 0.795. The number of aryl methyl sites for hydroxylation is 1. The summed E-state index contributed by atoms with van der Waals surface area (Å²) in [4.78, 5) is 22.1. The lowest BCUT2D eigenvalue weighted by molar-refractivity contribution is -0.155. The van der Waals surface area contributed by atoms with Crippen LogP contribution in [-0.2, 0) is 14.3 Å². The van der Waals surface area contributed by atoms with Crippen LogP contribution in [0.1, 0.15) is 18.1 Å². The van der Waals surface area contributed by atoms with Crippen LogP contribution in [0.25, 0.3) is 0 Å². The summed E-state index contributed by atoms with van der Waals surface area (Å²) < 4.78 is 10.1. The first-order valence-electron chi connectivity index (χ1n) is 5.59. The van der Waals surface area contributed by atoms with Crippen molar-refractivity contribution in [2.45, 2.75) is 26.9 Å². The second kappa shape index (κ2) is 6.05. The molecule has 0 radical (unpaired) electrons.